The van der Waals surface area contributed by atoms with Crippen molar-refractivity contribution in [2.45, 2.75) is 181 Å². The number of amides is 1. The fourth-order valence-corrected chi connectivity index (χ4v) is 9.54. The fourth-order valence-electron chi connectivity index (χ4n) is 9.54. The van der Waals surface area contributed by atoms with Gasteiger partial charge in [-0.3, -0.25) is 19.2 Å². The minimum atomic E-state index is -2.34. The van der Waals surface area contributed by atoms with Crippen LogP contribution >= 0.6 is 0 Å². The minimum absolute atomic E-state index is 0.0581. The van der Waals surface area contributed by atoms with Crippen LogP contribution in [-0.4, -0.2) is 105 Å². The van der Waals surface area contributed by atoms with Gasteiger partial charge in [0, 0.05) is 37.8 Å². The third-order valence-electron chi connectivity index (χ3n) is 13.7. The average Bonchev–Trinajstić information content (AvgIpc) is 3.23. The number of ketones is 3. The molecule has 2 saturated heterocycles. The van der Waals surface area contributed by atoms with Gasteiger partial charge in [-0.15, -0.1) is 0 Å². The number of fused-ring (bicyclic) bond motifs is 3. The summed E-state index contributed by atoms with van der Waals surface area (Å²) in [5.74, 6) is -7.29. The van der Waals surface area contributed by atoms with Crippen molar-refractivity contribution in [2.24, 2.45) is 35.5 Å². The molecule has 4 rings (SSSR count). The van der Waals surface area contributed by atoms with Gasteiger partial charge in [0.05, 0.1) is 12.2 Å². The van der Waals surface area contributed by atoms with Crippen LogP contribution < -0.4 is 0 Å². The van der Waals surface area contributed by atoms with E-state index in [-0.39, 0.29) is 54.8 Å². The molecule has 3 aliphatic heterocycles. The summed E-state index contributed by atoms with van der Waals surface area (Å²) >= 11 is 0. The highest BCUT2D eigenvalue weighted by molar-refractivity contribution is 6.39. The molecule has 3 fully saturated rings. The van der Waals surface area contributed by atoms with Gasteiger partial charge in [0.25, 0.3) is 11.7 Å². The van der Waals surface area contributed by atoms with E-state index in [1.807, 2.05) is 58.1 Å². The normalized spacial score (nSPS) is 39.8. The number of ether oxygens (including phenoxy) is 3. The highest BCUT2D eigenvalue weighted by Gasteiger charge is 2.52. The van der Waals surface area contributed by atoms with Crippen LogP contribution in [0.2, 0.25) is 0 Å². The van der Waals surface area contributed by atoms with Crippen LogP contribution in [0.4, 0.5) is 0 Å². The first-order chi connectivity index (χ1) is 28.9. The molecule has 12 nitrogen and oxygen atoms in total. The lowest BCUT2D eigenvalue weighted by Crippen LogP contribution is -2.60. The topological polar surface area (TPSA) is 177 Å². The van der Waals surface area contributed by atoms with Crippen molar-refractivity contribution in [3.8, 4) is 0 Å². The molecule has 1 saturated carbocycles. The molecule has 11 atom stereocenters. The molecule has 4 aliphatic rings. The van der Waals surface area contributed by atoms with E-state index in [1.54, 1.807) is 26.8 Å². The van der Waals surface area contributed by atoms with Crippen molar-refractivity contribution in [3.63, 3.8) is 0 Å². The summed E-state index contributed by atoms with van der Waals surface area (Å²) < 4.78 is 17.9. The smallest absolute Gasteiger partial charge is 0.329 e. The molecule has 1 aliphatic carbocycles. The first kappa shape index (κ1) is 50.4. The van der Waals surface area contributed by atoms with Crippen molar-refractivity contribution in [2.75, 3.05) is 13.7 Å². The predicted molar refractivity (Wildman–Crippen MR) is 233 cm³/mol. The van der Waals surface area contributed by atoms with Gasteiger partial charge in [0.15, 0.2) is 5.78 Å². The Morgan fingerprint density at radius 1 is 0.902 bits per heavy atom. The number of methoxy groups -OCH3 is 1. The van der Waals surface area contributed by atoms with Gasteiger partial charge in [-0.25, -0.2) is 4.79 Å². The summed E-state index contributed by atoms with van der Waals surface area (Å²) in [7, 11) is 1.39. The molecule has 342 valence electrons. The lowest BCUT2D eigenvalue weighted by molar-refractivity contribution is -0.263. The number of Topliss-reactive ketones (excluding diaryl/α,β-unsaturated/α-hetero) is 3. The summed E-state index contributed by atoms with van der Waals surface area (Å²) in [6, 6.07) is -1.09. The Labute approximate surface area is 364 Å². The van der Waals surface area contributed by atoms with Crippen molar-refractivity contribution < 1.29 is 53.5 Å². The first-order valence-electron chi connectivity index (χ1n) is 23.0. The standard InChI is InChI=1S/C49H75NO11/c1-30-14-10-9-11-15-31(2)26-34(5)43(53)45(59-8)44(54)35(6)27-32(3)41(52)29-42(33(4)28-37-19-21-38(51)22-20-37)60-48(57)40-16-12-13-25-50(40)47(56)46(55)49(58)36(7)18-24-39(61-49)23-17-30/h9-11,14-15,27,31-34,36-40,42,44-45,51,54,58H,12-13,16-26,28-29H2,1-8H3/b10-9+,15-11+,30-14+,35-27+/t31-,32-,33-,34-,36-,37?,38?,39-,40+,42+,44-,45+,49-/m1/s1. The number of aliphatic hydroxyl groups is 3. The fraction of sp³-hybridized carbons (Fsp3) is 0.735. The zero-order chi connectivity index (χ0) is 45.0. The van der Waals surface area contributed by atoms with Crippen LogP contribution in [0, 0.1) is 35.5 Å². The summed E-state index contributed by atoms with van der Waals surface area (Å²) in [6.07, 6.45) is 15.1. The number of carbonyl (C=O) groups is 5. The third kappa shape index (κ3) is 13.8. The number of allylic oxidation sites excluding steroid dienone is 7. The summed E-state index contributed by atoms with van der Waals surface area (Å²) in [5, 5.41) is 33.3. The van der Waals surface area contributed by atoms with Gasteiger partial charge in [-0.2, -0.15) is 0 Å². The number of carbonyl (C=O) groups excluding carboxylic acids is 5. The Hall–Kier alpha value is -3.29. The van der Waals surface area contributed by atoms with E-state index in [2.05, 4.69) is 0 Å². The molecule has 0 aromatic carbocycles. The van der Waals surface area contributed by atoms with Gasteiger partial charge >= 0.3 is 5.97 Å². The molecule has 1 amide bonds. The molecule has 3 heterocycles. The SMILES string of the molecule is CO[C@H]1C(=O)[C@H](C)C[C@H](C)/C=C/C=C/C=C(\C)CC[C@@H]2CC[C@@H](C)[C@@](O)(O2)C(=O)C(=O)N2CCCC[C@H]2C(=O)O[C@H]([C@H](C)CC2CCC(O)CC2)CC(=O)[C@H](C)/C=C(\C)[C@H]1O. The Balaban J connectivity index is 1.66. The number of piperidine rings is 1. The number of hydrogen-bond acceptors (Lipinski definition) is 11. The highest BCUT2D eigenvalue weighted by atomic mass is 16.6. The summed E-state index contributed by atoms with van der Waals surface area (Å²) in [5.41, 5.74) is 1.48. The number of esters is 1. The van der Waals surface area contributed by atoms with Gasteiger partial charge in [0.1, 0.15) is 30.1 Å². The maximum Gasteiger partial charge on any atom is 0.329 e. The summed E-state index contributed by atoms with van der Waals surface area (Å²) in [4.78, 5) is 71.2. The Morgan fingerprint density at radius 2 is 1.61 bits per heavy atom. The van der Waals surface area contributed by atoms with Gasteiger partial charge in [0.2, 0.25) is 5.79 Å². The molecule has 0 radical (unpaired) electrons. The Morgan fingerprint density at radius 3 is 2.30 bits per heavy atom. The highest BCUT2D eigenvalue weighted by Crippen LogP contribution is 2.37. The van der Waals surface area contributed by atoms with Crippen LogP contribution in [0.1, 0.15) is 138 Å². The number of cyclic esters (lactones) is 1. The monoisotopic (exact) mass is 854 g/mol. The second kappa shape index (κ2) is 23.4. The van der Waals surface area contributed by atoms with Crippen LogP contribution in [0.15, 0.2) is 47.6 Å². The maximum atomic E-state index is 14.2. The second-order valence-corrected chi connectivity index (χ2v) is 18.9. The van der Waals surface area contributed by atoms with Crippen molar-refractivity contribution in [3.05, 3.63) is 47.6 Å². The number of rotatable bonds is 4. The van der Waals surface area contributed by atoms with Gasteiger partial charge in [-0.05, 0) is 121 Å². The van der Waals surface area contributed by atoms with Crippen LogP contribution in [0.5, 0.6) is 0 Å². The number of aliphatic hydroxyl groups excluding tert-OH is 2. The number of nitrogens with zero attached hydrogens (tertiary/aromatic N) is 1. The Kier molecular flexibility index (Phi) is 19.3. The molecule has 12 heteroatoms. The molecule has 0 aromatic rings. The molecule has 0 unspecified atom stereocenters. The molecular weight excluding hydrogens is 779 g/mol. The van der Waals surface area contributed by atoms with Crippen molar-refractivity contribution >= 4 is 29.2 Å². The van der Waals surface area contributed by atoms with E-state index in [0.717, 1.165) is 18.4 Å². The van der Waals surface area contributed by atoms with E-state index in [4.69, 9.17) is 14.2 Å². The second-order valence-electron chi connectivity index (χ2n) is 18.9. The average molecular weight is 854 g/mol. The van der Waals surface area contributed by atoms with Crippen LogP contribution in [0.25, 0.3) is 0 Å². The Bertz CT molecular complexity index is 1640. The largest absolute Gasteiger partial charge is 0.460 e. The minimum Gasteiger partial charge on any atom is -0.460 e. The van der Waals surface area contributed by atoms with Crippen LogP contribution in [0.3, 0.4) is 0 Å². The lowest BCUT2D eigenvalue weighted by Gasteiger charge is -2.42. The quantitative estimate of drug-likeness (QED) is 0.152. The van der Waals surface area contributed by atoms with E-state index in [0.29, 0.717) is 69.8 Å². The van der Waals surface area contributed by atoms with Crippen molar-refractivity contribution in [1.82, 2.24) is 4.90 Å². The molecule has 0 aromatic heterocycles. The molecule has 2 bridgehead atoms. The predicted octanol–water partition coefficient (Wildman–Crippen LogP) is 6.93. The molecule has 61 heavy (non-hydrogen) atoms. The first-order valence-corrected chi connectivity index (χ1v) is 23.0. The molecule has 0 spiro atoms. The van der Waals surface area contributed by atoms with E-state index >= 15 is 0 Å². The van der Waals surface area contributed by atoms with Gasteiger partial charge < -0.3 is 34.4 Å². The van der Waals surface area contributed by atoms with E-state index in [1.165, 1.54) is 12.0 Å². The lowest BCUT2D eigenvalue weighted by atomic mass is 9.79. The zero-order valence-electron chi connectivity index (χ0n) is 38.1. The number of hydrogen-bond donors (Lipinski definition) is 3. The molecular formula is C49H75NO11. The molecule has 3 N–H and O–H groups in total. The van der Waals surface area contributed by atoms with Crippen LogP contribution in [-0.2, 0) is 38.2 Å². The van der Waals surface area contributed by atoms with Gasteiger partial charge in [-0.1, -0.05) is 76.6 Å². The maximum absolute atomic E-state index is 14.2. The summed E-state index contributed by atoms with van der Waals surface area (Å²) in [6.45, 7) is 13.0. The van der Waals surface area contributed by atoms with E-state index in [9.17, 15) is 39.3 Å². The zero-order valence-corrected chi connectivity index (χ0v) is 38.1. The van der Waals surface area contributed by atoms with E-state index < -0.39 is 71.7 Å². The van der Waals surface area contributed by atoms with Crippen molar-refractivity contribution in [1.29, 1.82) is 0 Å². The third-order valence-corrected chi connectivity index (χ3v) is 13.7.